The fourth-order valence-electron chi connectivity index (χ4n) is 8.57. The standard InChI is InChI=1S/C44H32N4/c1-44(2)36-23-9-7-19-31(36)32-25-26-38-39(40(32)44)35-20-8-10-24-37(35)48(38)43-46-41(33-21-11-15-27-13-3-5-17-29(27)33)45-42(47-43)34-22-12-16-28-14-4-6-18-30(28)34/h3-26,31,36H,1-2H3. The molecule has 0 spiro atoms. The third-order valence-corrected chi connectivity index (χ3v) is 10.7. The smallest absolute Gasteiger partial charge is 0.238 e. The van der Waals surface area contributed by atoms with Gasteiger partial charge in [0.2, 0.25) is 5.95 Å². The molecule has 2 aliphatic rings. The maximum Gasteiger partial charge on any atom is 0.238 e. The summed E-state index contributed by atoms with van der Waals surface area (Å²) >= 11 is 0. The lowest BCUT2D eigenvalue weighted by Gasteiger charge is -2.29. The Bertz CT molecular complexity index is 2570. The molecule has 8 aromatic rings. The molecule has 10 rings (SSSR count). The number of hydrogen-bond donors (Lipinski definition) is 0. The minimum absolute atomic E-state index is 0.0446. The highest BCUT2D eigenvalue weighted by molar-refractivity contribution is 6.12. The molecule has 0 bridgehead atoms. The van der Waals surface area contributed by atoms with E-state index in [0.29, 0.717) is 29.4 Å². The Balaban J connectivity index is 1.31. The molecule has 4 heteroatoms. The van der Waals surface area contributed by atoms with Crippen molar-refractivity contribution >= 4 is 43.4 Å². The minimum atomic E-state index is -0.0446. The molecule has 2 unspecified atom stereocenters. The molecule has 0 amide bonds. The first-order chi connectivity index (χ1) is 23.6. The fraction of sp³-hybridized carbons (Fsp3) is 0.114. The average molecular weight is 617 g/mol. The van der Waals surface area contributed by atoms with E-state index in [0.717, 1.165) is 43.7 Å². The Morgan fingerprint density at radius 3 is 1.81 bits per heavy atom. The molecule has 2 heterocycles. The van der Waals surface area contributed by atoms with Crippen molar-refractivity contribution in [2.45, 2.75) is 25.2 Å². The van der Waals surface area contributed by atoms with Gasteiger partial charge in [-0.05, 0) is 56.1 Å². The van der Waals surface area contributed by atoms with Crippen LogP contribution in [0.15, 0.2) is 146 Å². The molecule has 4 nitrogen and oxygen atoms in total. The van der Waals surface area contributed by atoms with Gasteiger partial charge in [0.1, 0.15) is 0 Å². The van der Waals surface area contributed by atoms with Crippen molar-refractivity contribution in [1.29, 1.82) is 0 Å². The summed E-state index contributed by atoms with van der Waals surface area (Å²) in [5.41, 5.74) is 7.00. The first-order valence-electron chi connectivity index (χ1n) is 16.7. The van der Waals surface area contributed by atoms with Crippen molar-refractivity contribution in [1.82, 2.24) is 19.5 Å². The van der Waals surface area contributed by atoms with Gasteiger partial charge < -0.3 is 0 Å². The molecule has 0 N–H and O–H groups in total. The first-order valence-corrected chi connectivity index (χ1v) is 16.7. The molecule has 0 saturated heterocycles. The van der Waals surface area contributed by atoms with E-state index in [1.807, 2.05) is 0 Å². The molecule has 6 aromatic carbocycles. The van der Waals surface area contributed by atoms with Crippen LogP contribution in [-0.4, -0.2) is 19.5 Å². The van der Waals surface area contributed by atoms with Crippen LogP contribution in [-0.2, 0) is 5.41 Å². The Morgan fingerprint density at radius 1 is 0.542 bits per heavy atom. The number of fused-ring (bicyclic) bond motifs is 9. The highest BCUT2D eigenvalue weighted by Gasteiger charge is 2.46. The van der Waals surface area contributed by atoms with Crippen LogP contribution >= 0.6 is 0 Å². The zero-order chi connectivity index (χ0) is 32.0. The van der Waals surface area contributed by atoms with E-state index in [1.165, 1.54) is 21.9 Å². The van der Waals surface area contributed by atoms with Gasteiger partial charge in [-0.25, -0.2) is 4.98 Å². The van der Waals surface area contributed by atoms with E-state index < -0.39 is 0 Å². The molecule has 48 heavy (non-hydrogen) atoms. The van der Waals surface area contributed by atoms with Crippen molar-refractivity contribution in [3.8, 4) is 28.7 Å². The molecule has 228 valence electrons. The lowest BCUT2D eigenvalue weighted by molar-refractivity contribution is 0.396. The van der Waals surface area contributed by atoms with Crippen LogP contribution < -0.4 is 0 Å². The van der Waals surface area contributed by atoms with Crippen molar-refractivity contribution < 1.29 is 0 Å². The van der Waals surface area contributed by atoms with Gasteiger partial charge in [-0.3, -0.25) is 4.57 Å². The number of para-hydroxylation sites is 1. The van der Waals surface area contributed by atoms with E-state index in [1.54, 1.807) is 0 Å². The molecule has 0 radical (unpaired) electrons. The third kappa shape index (κ3) is 3.80. The van der Waals surface area contributed by atoms with Gasteiger partial charge in [-0.1, -0.05) is 147 Å². The van der Waals surface area contributed by atoms with Gasteiger partial charge >= 0.3 is 0 Å². The number of nitrogens with zero attached hydrogens (tertiary/aromatic N) is 4. The van der Waals surface area contributed by atoms with Gasteiger partial charge in [0.25, 0.3) is 0 Å². The van der Waals surface area contributed by atoms with Crippen molar-refractivity contribution in [3.05, 3.63) is 157 Å². The second-order valence-corrected chi connectivity index (χ2v) is 13.7. The SMILES string of the molecule is CC1(C)c2c(ccc3c2c2ccccc2n3-c2nc(-c3cccc4ccccc34)nc(-c3cccc4ccccc34)n2)C2C=CC=CC21. The topological polar surface area (TPSA) is 43.6 Å². The summed E-state index contributed by atoms with van der Waals surface area (Å²) in [6, 6.07) is 43.0. The zero-order valence-corrected chi connectivity index (χ0v) is 26.8. The summed E-state index contributed by atoms with van der Waals surface area (Å²) in [7, 11) is 0. The van der Waals surface area contributed by atoms with E-state index in [9.17, 15) is 0 Å². The number of rotatable bonds is 3. The summed E-state index contributed by atoms with van der Waals surface area (Å²) in [5.74, 6) is 2.73. The predicted molar refractivity (Wildman–Crippen MR) is 198 cm³/mol. The second kappa shape index (κ2) is 10.1. The van der Waals surface area contributed by atoms with Crippen molar-refractivity contribution in [2.24, 2.45) is 5.92 Å². The van der Waals surface area contributed by atoms with E-state index >= 15 is 0 Å². The number of hydrogen-bond acceptors (Lipinski definition) is 3. The fourth-order valence-corrected chi connectivity index (χ4v) is 8.57. The highest BCUT2D eigenvalue weighted by Crippen LogP contribution is 2.56. The van der Waals surface area contributed by atoms with Crippen LogP contribution in [0.25, 0.3) is 72.1 Å². The van der Waals surface area contributed by atoms with Gasteiger partial charge in [-0.15, -0.1) is 0 Å². The average Bonchev–Trinajstić information content (AvgIpc) is 3.59. The third-order valence-electron chi connectivity index (χ3n) is 10.7. The summed E-state index contributed by atoms with van der Waals surface area (Å²) < 4.78 is 2.26. The Morgan fingerprint density at radius 2 is 1.12 bits per heavy atom. The van der Waals surface area contributed by atoms with Gasteiger partial charge in [0.05, 0.1) is 11.0 Å². The van der Waals surface area contributed by atoms with Crippen LogP contribution in [0.4, 0.5) is 0 Å². The van der Waals surface area contributed by atoms with Crippen LogP contribution in [0.1, 0.15) is 30.9 Å². The highest BCUT2D eigenvalue weighted by atomic mass is 15.2. The molecule has 2 atom stereocenters. The predicted octanol–water partition coefficient (Wildman–Crippen LogP) is 10.7. The van der Waals surface area contributed by atoms with Crippen LogP contribution in [0.2, 0.25) is 0 Å². The molecule has 0 aliphatic heterocycles. The number of allylic oxidation sites excluding steroid dienone is 4. The summed E-state index contributed by atoms with van der Waals surface area (Å²) in [5, 5.41) is 7.06. The summed E-state index contributed by atoms with van der Waals surface area (Å²) in [4.78, 5) is 15.9. The molecule has 2 aromatic heterocycles. The maximum absolute atomic E-state index is 5.32. The number of aromatic nitrogens is 4. The lowest BCUT2D eigenvalue weighted by Crippen LogP contribution is -2.24. The van der Waals surface area contributed by atoms with Gasteiger partial charge in [-0.2, -0.15) is 9.97 Å². The minimum Gasteiger partial charge on any atom is -0.278 e. The van der Waals surface area contributed by atoms with Crippen molar-refractivity contribution in [2.75, 3.05) is 0 Å². The largest absolute Gasteiger partial charge is 0.278 e. The van der Waals surface area contributed by atoms with E-state index in [2.05, 4.69) is 164 Å². The Labute approximate surface area is 278 Å². The maximum atomic E-state index is 5.32. The van der Waals surface area contributed by atoms with E-state index in [4.69, 9.17) is 15.0 Å². The molecular formula is C44H32N4. The van der Waals surface area contributed by atoms with Crippen LogP contribution in [0.5, 0.6) is 0 Å². The van der Waals surface area contributed by atoms with Gasteiger partial charge in [0.15, 0.2) is 11.6 Å². The second-order valence-electron chi connectivity index (χ2n) is 13.7. The molecular weight excluding hydrogens is 585 g/mol. The van der Waals surface area contributed by atoms with Gasteiger partial charge in [0, 0.05) is 27.8 Å². The molecule has 2 aliphatic carbocycles. The van der Waals surface area contributed by atoms with Crippen molar-refractivity contribution in [3.63, 3.8) is 0 Å². The lowest BCUT2D eigenvalue weighted by atomic mass is 9.74. The van der Waals surface area contributed by atoms with Crippen LogP contribution in [0.3, 0.4) is 0 Å². The summed E-state index contributed by atoms with van der Waals surface area (Å²) in [6.45, 7) is 4.82. The quantitative estimate of drug-likeness (QED) is 0.198. The molecule has 0 fully saturated rings. The van der Waals surface area contributed by atoms with Crippen LogP contribution in [0, 0.1) is 5.92 Å². The molecule has 0 saturated carbocycles. The zero-order valence-electron chi connectivity index (χ0n) is 26.8. The number of benzene rings is 6. The normalized spacial score (nSPS) is 17.8. The van der Waals surface area contributed by atoms with E-state index in [-0.39, 0.29) is 5.41 Å². The summed E-state index contributed by atoms with van der Waals surface area (Å²) in [6.07, 6.45) is 9.19. The Hall–Kier alpha value is -5.87. The monoisotopic (exact) mass is 616 g/mol. The Kier molecular flexibility index (Phi) is 5.72. The first kappa shape index (κ1) is 27.3.